The molecule has 2 rings (SSSR count). The minimum absolute atomic E-state index is 0.0695. The van der Waals surface area contributed by atoms with Crippen molar-refractivity contribution >= 4 is 23.5 Å². The zero-order chi connectivity index (χ0) is 15.9. The number of esters is 1. The topological polar surface area (TPSA) is 100 Å². The van der Waals surface area contributed by atoms with E-state index in [0.29, 0.717) is 24.1 Å². The Labute approximate surface area is 131 Å². The fourth-order valence-corrected chi connectivity index (χ4v) is 2.58. The standard InChI is InChI=1S/C14H16N4O3S/c1-2-21-13(20)9-22-14-17-12(19)7-11(15)18(14)8-10-3-5-16-6-4-10/h3-7H,2,8-9,15H2,1H3. The average Bonchev–Trinajstić information content (AvgIpc) is 2.49. The van der Waals surface area contributed by atoms with E-state index in [1.807, 2.05) is 12.1 Å². The first kappa shape index (κ1) is 16.0. The highest BCUT2D eigenvalue weighted by molar-refractivity contribution is 7.99. The van der Waals surface area contributed by atoms with E-state index in [1.165, 1.54) is 6.07 Å². The first-order valence-electron chi connectivity index (χ1n) is 6.65. The number of thioether (sulfide) groups is 1. The maximum atomic E-state index is 11.5. The lowest BCUT2D eigenvalue weighted by Crippen LogP contribution is -2.19. The number of ether oxygens (including phenoxy) is 1. The van der Waals surface area contributed by atoms with Crippen LogP contribution in [0, 0.1) is 0 Å². The number of nitrogens with zero attached hydrogens (tertiary/aromatic N) is 3. The molecule has 0 unspecified atom stereocenters. The Morgan fingerprint density at radius 3 is 2.82 bits per heavy atom. The zero-order valence-corrected chi connectivity index (χ0v) is 12.9. The molecule has 0 aliphatic heterocycles. The van der Waals surface area contributed by atoms with Gasteiger partial charge >= 0.3 is 5.97 Å². The van der Waals surface area contributed by atoms with Gasteiger partial charge in [0.05, 0.1) is 18.9 Å². The Bertz CT molecular complexity index is 703. The molecule has 8 heteroatoms. The summed E-state index contributed by atoms with van der Waals surface area (Å²) in [6, 6.07) is 4.95. The van der Waals surface area contributed by atoms with Crippen LogP contribution in [-0.4, -0.2) is 32.9 Å². The van der Waals surface area contributed by atoms with Gasteiger partial charge in [-0.3, -0.25) is 14.6 Å². The molecule has 0 aliphatic rings. The Balaban J connectivity index is 2.24. The van der Waals surface area contributed by atoms with Crippen LogP contribution in [-0.2, 0) is 16.1 Å². The molecule has 0 saturated carbocycles. The van der Waals surface area contributed by atoms with Crippen molar-refractivity contribution in [2.75, 3.05) is 18.1 Å². The molecule has 0 atom stereocenters. The number of carbonyl (C=O) groups is 1. The number of hydrogen-bond acceptors (Lipinski definition) is 7. The van der Waals surface area contributed by atoms with E-state index in [0.717, 1.165) is 17.3 Å². The molecular formula is C14H16N4O3S. The molecule has 0 aliphatic carbocycles. The smallest absolute Gasteiger partial charge is 0.316 e. The number of nitrogen functional groups attached to an aromatic ring is 1. The van der Waals surface area contributed by atoms with Crippen molar-refractivity contribution in [2.24, 2.45) is 0 Å². The fourth-order valence-electron chi connectivity index (χ4n) is 1.77. The van der Waals surface area contributed by atoms with Crippen molar-refractivity contribution in [2.45, 2.75) is 18.6 Å². The monoisotopic (exact) mass is 320 g/mol. The van der Waals surface area contributed by atoms with Crippen molar-refractivity contribution < 1.29 is 9.53 Å². The summed E-state index contributed by atoms with van der Waals surface area (Å²) in [5, 5.41) is 0.384. The summed E-state index contributed by atoms with van der Waals surface area (Å²) in [5.74, 6) is 0.00268. The highest BCUT2D eigenvalue weighted by atomic mass is 32.2. The molecule has 0 saturated heterocycles. The third-order valence-electron chi connectivity index (χ3n) is 2.73. The predicted molar refractivity (Wildman–Crippen MR) is 83.6 cm³/mol. The number of rotatable bonds is 6. The van der Waals surface area contributed by atoms with Crippen molar-refractivity contribution in [1.29, 1.82) is 0 Å². The molecule has 2 aromatic heterocycles. The first-order valence-corrected chi connectivity index (χ1v) is 7.63. The lowest BCUT2D eigenvalue weighted by molar-refractivity contribution is -0.139. The Morgan fingerprint density at radius 2 is 2.14 bits per heavy atom. The molecule has 0 bridgehead atoms. The van der Waals surface area contributed by atoms with E-state index in [-0.39, 0.29) is 11.7 Å². The molecule has 22 heavy (non-hydrogen) atoms. The van der Waals surface area contributed by atoms with Crippen molar-refractivity contribution in [3.05, 3.63) is 46.5 Å². The Morgan fingerprint density at radius 1 is 1.41 bits per heavy atom. The van der Waals surface area contributed by atoms with Crippen molar-refractivity contribution in [1.82, 2.24) is 14.5 Å². The van der Waals surface area contributed by atoms with Gasteiger partial charge < -0.3 is 15.0 Å². The fraction of sp³-hybridized carbons (Fsp3) is 0.286. The molecule has 2 aromatic rings. The van der Waals surface area contributed by atoms with E-state index in [2.05, 4.69) is 9.97 Å². The third kappa shape index (κ3) is 4.32. The van der Waals surface area contributed by atoms with E-state index in [4.69, 9.17) is 10.5 Å². The number of carbonyl (C=O) groups excluding carboxylic acids is 1. The summed E-state index contributed by atoms with van der Waals surface area (Å²) in [7, 11) is 0. The number of aromatic nitrogens is 3. The van der Waals surface area contributed by atoms with Crippen molar-refractivity contribution in [3.8, 4) is 0 Å². The van der Waals surface area contributed by atoms with Gasteiger partial charge in [0, 0.05) is 18.5 Å². The highest BCUT2D eigenvalue weighted by Gasteiger charge is 2.12. The minimum atomic E-state index is -0.435. The molecular weight excluding hydrogens is 304 g/mol. The van der Waals surface area contributed by atoms with Crippen molar-refractivity contribution in [3.63, 3.8) is 0 Å². The second-order valence-electron chi connectivity index (χ2n) is 4.34. The Hall–Kier alpha value is -2.35. The van der Waals surface area contributed by atoms with Crippen LogP contribution in [0.5, 0.6) is 0 Å². The molecule has 0 spiro atoms. The molecule has 0 radical (unpaired) electrons. The van der Waals surface area contributed by atoms with E-state index in [1.54, 1.807) is 23.9 Å². The number of pyridine rings is 1. The second-order valence-corrected chi connectivity index (χ2v) is 5.28. The highest BCUT2D eigenvalue weighted by Crippen LogP contribution is 2.18. The quantitative estimate of drug-likeness (QED) is 0.480. The zero-order valence-electron chi connectivity index (χ0n) is 12.1. The number of anilines is 1. The van der Waals surface area contributed by atoms with Gasteiger partial charge in [0.2, 0.25) is 0 Å². The summed E-state index contributed by atoms with van der Waals surface area (Å²) in [6.45, 7) is 2.49. The normalized spacial score (nSPS) is 10.4. The van der Waals surface area contributed by atoms with Crippen LogP contribution in [0.4, 0.5) is 5.82 Å². The van der Waals surface area contributed by atoms with Crippen LogP contribution in [0.1, 0.15) is 12.5 Å². The predicted octanol–water partition coefficient (Wildman–Crippen LogP) is 0.924. The summed E-state index contributed by atoms with van der Waals surface area (Å²) in [6.07, 6.45) is 3.35. The largest absolute Gasteiger partial charge is 0.465 e. The Kier molecular flexibility index (Phi) is 5.54. The van der Waals surface area contributed by atoms with Crippen LogP contribution in [0.15, 0.2) is 40.5 Å². The van der Waals surface area contributed by atoms with Gasteiger partial charge in [0.1, 0.15) is 5.82 Å². The molecule has 2 N–H and O–H groups in total. The summed E-state index contributed by atoms with van der Waals surface area (Å²) >= 11 is 1.12. The lowest BCUT2D eigenvalue weighted by atomic mass is 10.3. The van der Waals surface area contributed by atoms with Gasteiger partial charge in [-0.15, -0.1) is 0 Å². The molecule has 0 amide bonds. The molecule has 7 nitrogen and oxygen atoms in total. The average molecular weight is 320 g/mol. The van der Waals surface area contributed by atoms with Gasteiger partial charge in [0.15, 0.2) is 5.16 Å². The maximum Gasteiger partial charge on any atom is 0.316 e. The summed E-state index contributed by atoms with van der Waals surface area (Å²) in [5.41, 5.74) is 6.44. The molecule has 0 fully saturated rings. The number of hydrogen-bond donors (Lipinski definition) is 1. The van der Waals surface area contributed by atoms with E-state index < -0.39 is 5.56 Å². The molecule has 2 heterocycles. The molecule has 0 aromatic carbocycles. The lowest BCUT2D eigenvalue weighted by Gasteiger charge is -2.14. The van der Waals surface area contributed by atoms with Crippen LogP contribution >= 0.6 is 11.8 Å². The van der Waals surface area contributed by atoms with Crippen LogP contribution in [0.3, 0.4) is 0 Å². The maximum absolute atomic E-state index is 11.5. The first-order chi connectivity index (χ1) is 10.6. The number of nitrogens with two attached hydrogens (primary N) is 1. The van der Waals surface area contributed by atoms with Crippen LogP contribution < -0.4 is 11.3 Å². The van der Waals surface area contributed by atoms with Gasteiger partial charge in [-0.05, 0) is 24.6 Å². The van der Waals surface area contributed by atoms with Crippen LogP contribution in [0.25, 0.3) is 0 Å². The SMILES string of the molecule is CCOC(=O)CSc1nc(=O)cc(N)n1Cc1ccncc1. The molecule has 116 valence electrons. The van der Waals surface area contributed by atoms with E-state index >= 15 is 0 Å². The van der Waals surface area contributed by atoms with Crippen LogP contribution in [0.2, 0.25) is 0 Å². The van der Waals surface area contributed by atoms with E-state index in [9.17, 15) is 9.59 Å². The van der Waals surface area contributed by atoms with Gasteiger partial charge in [0.25, 0.3) is 5.56 Å². The summed E-state index contributed by atoms with van der Waals surface area (Å²) in [4.78, 5) is 30.9. The van der Waals surface area contributed by atoms with Gasteiger partial charge in [-0.25, -0.2) is 0 Å². The van der Waals surface area contributed by atoms with Gasteiger partial charge in [-0.2, -0.15) is 4.98 Å². The summed E-state index contributed by atoms with van der Waals surface area (Å²) < 4.78 is 6.55. The second kappa shape index (κ2) is 7.60. The third-order valence-corrected chi connectivity index (χ3v) is 3.68. The van der Waals surface area contributed by atoms with Gasteiger partial charge in [-0.1, -0.05) is 11.8 Å². The minimum Gasteiger partial charge on any atom is -0.465 e.